The Morgan fingerprint density at radius 1 is 1.44 bits per heavy atom. The first-order chi connectivity index (χ1) is 8.70. The van der Waals surface area contributed by atoms with Crippen LogP contribution in [0.3, 0.4) is 0 Å². The minimum atomic E-state index is -0.441. The lowest BCUT2D eigenvalue weighted by atomic mass is 10.2. The normalized spacial score (nSPS) is 10.1. The number of H-pyrrole nitrogens is 1. The first kappa shape index (κ1) is 12.5. The van der Waals surface area contributed by atoms with E-state index in [1.165, 1.54) is 7.11 Å². The molecule has 0 bridgehead atoms. The van der Waals surface area contributed by atoms with Crippen molar-refractivity contribution in [2.75, 3.05) is 12.4 Å². The molecule has 0 aliphatic rings. The van der Waals surface area contributed by atoms with Gasteiger partial charge in [-0.05, 0) is 30.3 Å². The van der Waals surface area contributed by atoms with Gasteiger partial charge in [-0.3, -0.25) is 0 Å². The molecule has 0 saturated carbocycles. The topological polar surface area (TPSA) is 54.1 Å². The summed E-state index contributed by atoms with van der Waals surface area (Å²) in [5.41, 5.74) is 2.23. The van der Waals surface area contributed by atoms with Crippen LogP contribution in [-0.2, 0) is 11.3 Å². The zero-order chi connectivity index (χ0) is 13.0. The van der Waals surface area contributed by atoms with Crippen molar-refractivity contribution in [2.45, 2.75) is 6.54 Å². The molecule has 0 spiro atoms. The molecule has 1 heterocycles. The quantitative estimate of drug-likeness (QED) is 0.835. The summed E-state index contributed by atoms with van der Waals surface area (Å²) in [6, 6.07) is 9.07. The Balaban J connectivity index is 2.12. The van der Waals surface area contributed by atoms with Crippen LogP contribution in [0.4, 0.5) is 5.69 Å². The predicted octanol–water partition coefficient (Wildman–Crippen LogP) is 3.07. The molecule has 0 amide bonds. The van der Waals surface area contributed by atoms with E-state index in [2.05, 4.69) is 15.0 Å². The second kappa shape index (κ2) is 5.60. The number of rotatable bonds is 4. The first-order valence-corrected chi connectivity index (χ1v) is 5.82. The summed E-state index contributed by atoms with van der Waals surface area (Å²) in [5.74, 6) is -0.441. The molecular weight excluding hydrogens is 252 g/mol. The minimum Gasteiger partial charge on any atom is -0.465 e. The summed E-state index contributed by atoms with van der Waals surface area (Å²) in [6.45, 7) is 0.648. The second-order valence-corrected chi connectivity index (χ2v) is 4.14. The number of carbonyl (C=O) groups excluding carboxylic acids is 1. The highest BCUT2D eigenvalue weighted by Gasteiger charge is 2.11. The molecule has 1 aromatic heterocycles. The molecule has 0 aliphatic carbocycles. The van der Waals surface area contributed by atoms with Gasteiger partial charge in [0.2, 0.25) is 0 Å². The largest absolute Gasteiger partial charge is 0.465 e. The molecule has 2 rings (SSSR count). The third-order valence-corrected chi connectivity index (χ3v) is 2.85. The number of halogens is 1. The highest BCUT2D eigenvalue weighted by molar-refractivity contribution is 6.33. The highest BCUT2D eigenvalue weighted by atomic mass is 35.5. The fourth-order valence-electron chi connectivity index (χ4n) is 1.58. The molecule has 0 aliphatic heterocycles. The van der Waals surface area contributed by atoms with Crippen molar-refractivity contribution in [2.24, 2.45) is 0 Å². The second-order valence-electron chi connectivity index (χ2n) is 3.74. The zero-order valence-electron chi connectivity index (χ0n) is 9.87. The number of ether oxygens (including phenoxy) is 1. The van der Waals surface area contributed by atoms with Crippen molar-refractivity contribution in [3.05, 3.63) is 52.8 Å². The van der Waals surface area contributed by atoms with E-state index in [4.69, 9.17) is 11.6 Å². The van der Waals surface area contributed by atoms with E-state index in [1.54, 1.807) is 12.1 Å². The summed E-state index contributed by atoms with van der Waals surface area (Å²) < 4.78 is 4.67. The number of carbonyl (C=O) groups is 1. The van der Waals surface area contributed by atoms with Crippen LogP contribution in [0.5, 0.6) is 0 Å². The van der Waals surface area contributed by atoms with E-state index >= 15 is 0 Å². The van der Waals surface area contributed by atoms with Gasteiger partial charge in [0.1, 0.15) is 0 Å². The third kappa shape index (κ3) is 2.84. The molecule has 1 aromatic carbocycles. The number of aromatic amines is 1. The van der Waals surface area contributed by atoms with E-state index in [1.807, 2.05) is 24.4 Å². The van der Waals surface area contributed by atoms with Gasteiger partial charge in [0.05, 0.1) is 24.2 Å². The Kier molecular flexibility index (Phi) is 3.89. The van der Waals surface area contributed by atoms with Gasteiger partial charge in [-0.2, -0.15) is 0 Å². The summed E-state index contributed by atoms with van der Waals surface area (Å²) >= 11 is 5.93. The van der Waals surface area contributed by atoms with Crippen molar-refractivity contribution in [1.82, 2.24) is 4.98 Å². The monoisotopic (exact) mass is 264 g/mol. The maximum atomic E-state index is 11.5. The Morgan fingerprint density at radius 2 is 2.28 bits per heavy atom. The van der Waals surface area contributed by atoms with Crippen molar-refractivity contribution in [3.63, 3.8) is 0 Å². The number of benzene rings is 1. The van der Waals surface area contributed by atoms with Crippen LogP contribution in [-0.4, -0.2) is 18.1 Å². The summed E-state index contributed by atoms with van der Waals surface area (Å²) in [4.78, 5) is 14.6. The number of aromatic nitrogens is 1. The molecule has 2 N–H and O–H groups in total. The summed E-state index contributed by atoms with van der Waals surface area (Å²) in [6.07, 6.45) is 1.86. The van der Waals surface area contributed by atoms with Gasteiger partial charge >= 0.3 is 5.97 Å². The standard InChI is InChI=1S/C13H13ClN2O2/c1-18-13(17)11-7-9(4-5-12(11)14)16-8-10-3-2-6-15-10/h2-7,15-16H,8H2,1H3. The SMILES string of the molecule is COC(=O)c1cc(NCc2ccc[nH]2)ccc1Cl. The molecule has 0 fully saturated rings. The lowest BCUT2D eigenvalue weighted by Gasteiger charge is -2.08. The van der Waals surface area contributed by atoms with Crippen LogP contribution < -0.4 is 5.32 Å². The van der Waals surface area contributed by atoms with Crippen LogP contribution in [0.1, 0.15) is 16.1 Å². The Hall–Kier alpha value is -1.94. The van der Waals surface area contributed by atoms with Crippen LogP contribution in [0.15, 0.2) is 36.5 Å². The molecule has 18 heavy (non-hydrogen) atoms. The number of esters is 1. The average molecular weight is 265 g/mol. The molecule has 2 aromatic rings. The molecule has 4 nitrogen and oxygen atoms in total. The predicted molar refractivity (Wildman–Crippen MR) is 70.9 cm³/mol. The Morgan fingerprint density at radius 3 is 2.94 bits per heavy atom. The number of nitrogens with one attached hydrogen (secondary N) is 2. The highest BCUT2D eigenvalue weighted by Crippen LogP contribution is 2.21. The Labute approximate surface area is 110 Å². The molecule has 0 unspecified atom stereocenters. The number of hydrogen-bond donors (Lipinski definition) is 2. The number of hydrogen-bond acceptors (Lipinski definition) is 3. The minimum absolute atomic E-state index is 0.357. The number of anilines is 1. The number of methoxy groups -OCH3 is 1. The maximum Gasteiger partial charge on any atom is 0.339 e. The third-order valence-electron chi connectivity index (χ3n) is 2.52. The lowest BCUT2D eigenvalue weighted by molar-refractivity contribution is 0.0601. The van der Waals surface area contributed by atoms with Crippen molar-refractivity contribution in [3.8, 4) is 0 Å². The molecule has 0 atom stereocenters. The average Bonchev–Trinajstić information content (AvgIpc) is 2.90. The van der Waals surface area contributed by atoms with Crippen LogP contribution in [0, 0.1) is 0 Å². The fourth-order valence-corrected chi connectivity index (χ4v) is 1.77. The molecule has 5 heteroatoms. The van der Waals surface area contributed by atoms with Crippen molar-refractivity contribution in [1.29, 1.82) is 0 Å². The van der Waals surface area contributed by atoms with E-state index in [0.29, 0.717) is 17.1 Å². The van der Waals surface area contributed by atoms with Crippen LogP contribution in [0.25, 0.3) is 0 Å². The van der Waals surface area contributed by atoms with Gasteiger partial charge in [0, 0.05) is 17.6 Å². The van der Waals surface area contributed by atoms with Gasteiger partial charge < -0.3 is 15.0 Å². The van der Waals surface area contributed by atoms with E-state index in [-0.39, 0.29) is 0 Å². The molecular formula is C13H13ClN2O2. The first-order valence-electron chi connectivity index (χ1n) is 5.44. The van der Waals surface area contributed by atoms with E-state index in [0.717, 1.165) is 11.4 Å². The van der Waals surface area contributed by atoms with Gasteiger partial charge in [-0.25, -0.2) is 4.79 Å². The van der Waals surface area contributed by atoms with Gasteiger partial charge in [0.15, 0.2) is 0 Å². The fraction of sp³-hybridized carbons (Fsp3) is 0.154. The van der Waals surface area contributed by atoms with Gasteiger partial charge in [0.25, 0.3) is 0 Å². The maximum absolute atomic E-state index is 11.5. The van der Waals surface area contributed by atoms with E-state index < -0.39 is 5.97 Å². The molecule has 0 saturated heterocycles. The van der Waals surface area contributed by atoms with Crippen LogP contribution in [0.2, 0.25) is 5.02 Å². The van der Waals surface area contributed by atoms with Crippen molar-refractivity contribution < 1.29 is 9.53 Å². The molecule has 0 radical (unpaired) electrons. The van der Waals surface area contributed by atoms with Crippen LogP contribution >= 0.6 is 11.6 Å². The molecule has 94 valence electrons. The smallest absolute Gasteiger partial charge is 0.339 e. The van der Waals surface area contributed by atoms with Crippen molar-refractivity contribution >= 4 is 23.3 Å². The lowest BCUT2D eigenvalue weighted by Crippen LogP contribution is -2.05. The summed E-state index contributed by atoms with van der Waals surface area (Å²) in [7, 11) is 1.33. The van der Waals surface area contributed by atoms with E-state index in [9.17, 15) is 4.79 Å². The summed E-state index contributed by atoms with van der Waals surface area (Å²) in [5, 5.41) is 3.58. The van der Waals surface area contributed by atoms with Gasteiger partial charge in [-0.15, -0.1) is 0 Å². The zero-order valence-corrected chi connectivity index (χ0v) is 10.6. The van der Waals surface area contributed by atoms with Gasteiger partial charge in [-0.1, -0.05) is 11.6 Å². The Bertz CT molecular complexity index is 538.